The average molecular weight is 480 g/mol. The summed E-state index contributed by atoms with van der Waals surface area (Å²) in [7, 11) is 0. The van der Waals surface area contributed by atoms with Gasteiger partial charge in [0.25, 0.3) is 5.69 Å². The molecular weight excluding hydrogens is 459 g/mol. The number of amides is 1. The van der Waals surface area contributed by atoms with E-state index in [1.165, 1.54) is 0 Å². The van der Waals surface area contributed by atoms with Crippen LogP contribution in [-0.4, -0.2) is 46.3 Å². The molecule has 1 aliphatic rings. The van der Waals surface area contributed by atoms with E-state index in [0.717, 1.165) is 24.3 Å². The van der Waals surface area contributed by atoms with Crippen LogP contribution in [0.4, 0.5) is 17.1 Å². The fraction of sp³-hybridized carbons (Fsp3) is 0.316. The Morgan fingerprint density at radius 1 is 1.11 bits per heavy atom. The number of hydrogen-bond acceptors (Lipinski definition) is 5. The fourth-order valence-corrected chi connectivity index (χ4v) is 3.60. The zero-order valence-corrected chi connectivity index (χ0v) is 17.0. The van der Waals surface area contributed by atoms with Gasteiger partial charge in [0.1, 0.15) is 5.69 Å². The lowest BCUT2D eigenvalue weighted by molar-refractivity contribution is -0.384. The minimum absolute atomic E-state index is 0.0633. The number of anilines is 2. The molecule has 1 heterocycles. The Morgan fingerprint density at radius 3 is 2.44 bits per heavy atom. The van der Waals surface area contributed by atoms with Crippen LogP contribution in [0.3, 0.4) is 0 Å². The second kappa shape index (κ2) is 9.03. The molecule has 7 nitrogen and oxygen atoms in total. The molecule has 2 aromatic rings. The van der Waals surface area contributed by atoms with Crippen LogP contribution in [0.2, 0.25) is 0 Å². The molecule has 0 aromatic heterocycles. The van der Waals surface area contributed by atoms with Crippen molar-refractivity contribution in [1.29, 1.82) is 0 Å². The van der Waals surface area contributed by atoms with Crippen molar-refractivity contribution in [2.45, 2.75) is 6.54 Å². The van der Waals surface area contributed by atoms with Crippen molar-refractivity contribution >= 4 is 45.6 Å². The van der Waals surface area contributed by atoms with Crippen LogP contribution in [0.5, 0.6) is 0 Å². The van der Waals surface area contributed by atoms with Crippen LogP contribution in [0.1, 0.15) is 5.56 Å². The molecule has 2 aromatic carbocycles. The molecular formula is C19H21IN4O3. The summed E-state index contributed by atoms with van der Waals surface area (Å²) in [5.74, 6) is 0.157. The summed E-state index contributed by atoms with van der Waals surface area (Å²) >= 11 is 2.08. The third kappa shape index (κ3) is 4.88. The summed E-state index contributed by atoms with van der Waals surface area (Å²) < 4.78 is 0.489. The highest BCUT2D eigenvalue weighted by Crippen LogP contribution is 2.30. The predicted octanol–water partition coefficient (Wildman–Crippen LogP) is 3.29. The molecule has 142 valence electrons. The summed E-state index contributed by atoms with van der Waals surface area (Å²) in [4.78, 5) is 26.9. The Bertz CT molecular complexity index is 808. The molecule has 1 aliphatic heterocycles. The molecule has 0 spiro atoms. The number of nitro benzene ring substituents is 1. The zero-order valence-electron chi connectivity index (χ0n) is 14.8. The van der Waals surface area contributed by atoms with Crippen LogP contribution in [0, 0.1) is 10.1 Å². The fourth-order valence-electron chi connectivity index (χ4n) is 3.11. The van der Waals surface area contributed by atoms with Gasteiger partial charge in [0.2, 0.25) is 5.91 Å². The lowest BCUT2D eigenvalue weighted by Gasteiger charge is -2.36. The number of hydrogen-bond donors (Lipinski definition) is 1. The maximum absolute atomic E-state index is 11.8. The highest BCUT2D eigenvalue weighted by atomic mass is 127. The SMILES string of the molecule is O=C(CI)N1CCN(c2ccc([N+](=O)[O-])c(NCc3ccccc3)c2)CC1. The maximum atomic E-state index is 11.8. The lowest BCUT2D eigenvalue weighted by Crippen LogP contribution is -2.49. The zero-order chi connectivity index (χ0) is 19.2. The molecule has 0 saturated carbocycles. The van der Waals surface area contributed by atoms with E-state index in [9.17, 15) is 14.9 Å². The number of piperazine rings is 1. The van der Waals surface area contributed by atoms with Gasteiger partial charge in [-0.2, -0.15) is 0 Å². The number of rotatable bonds is 6. The first-order valence-corrected chi connectivity index (χ1v) is 10.3. The Morgan fingerprint density at radius 2 is 1.81 bits per heavy atom. The number of nitrogens with one attached hydrogen (secondary N) is 1. The second-order valence-electron chi connectivity index (χ2n) is 6.30. The van der Waals surface area contributed by atoms with Crippen molar-refractivity contribution in [1.82, 2.24) is 4.90 Å². The number of alkyl halides is 1. The first kappa shape index (κ1) is 19.4. The molecule has 1 fully saturated rings. The summed E-state index contributed by atoms with van der Waals surface area (Å²) in [5.41, 5.74) is 2.56. The molecule has 27 heavy (non-hydrogen) atoms. The standard InChI is InChI=1S/C19H21IN4O3/c20-13-19(25)23-10-8-22(9-11-23)16-6-7-18(24(26)27)17(12-16)21-14-15-4-2-1-3-5-15/h1-7,12,21H,8-11,13-14H2. The summed E-state index contributed by atoms with van der Waals surface area (Å²) in [6, 6.07) is 14.9. The normalized spacial score (nSPS) is 14.1. The third-order valence-corrected chi connectivity index (χ3v) is 5.27. The van der Waals surface area contributed by atoms with Crippen molar-refractivity contribution in [2.75, 3.05) is 40.8 Å². The highest BCUT2D eigenvalue weighted by molar-refractivity contribution is 14.1. The van der Waals surface area contributed by atoms with E-state index in [2.05, 4.69) is 32.8 Å². The molecule has 0 radical (unpaired) electrons. The second-order valence-corrected chi connectivity index (χ2v) is 7.06. The average Bonchev–Trinajstić information content (AvgIpc) is 2.72. The quantitative estimate of drug-likeness (QED) is 0.297. The molecule has 1 amide bonds. The topological polar surface area (TPSA) is 78.7 Å². The highest BCUT2D eigenvalue weighted by Gasteiger charge is 2.22. The molecule has 0 aliphatic carbocycles. The van der Waals surface area contributed by atoms with Gasteiger partial charge in [0.05, 0.1) is 9.35 Å². The smallest absolute Gasteiger partial charge is 0.292 e. The van der Waals surface area contributed by atoms with E-state index in [4.69, 9.17) is 0 Å². The van der Waals surface area contributed by atoms with E-state index in [0.29, 0.717) is 29.7 Å². The molecule has 1 saturated heterocycles. The van der Waals surface area contributed by atoms with Gasteiger partial charge in [-0.25, -0.2) is 0 Å². The minimum Gasteiger partial charge on any atom is -0.375 e. The molecule has 8 heteroatoms. The van der Waals surface area contributed by atoms with Gasteiger partial charge >= 0.3 is 0 Å². The Hall–Kier alpha value is -2.36. The monoisotopic (exact) mass is 480 g/mol. The van der Waals surface area contributed by atoms with E-state index in [1.54, 1.807) is 12.1 Å². The van der Waals surface area contributed by atoms with E-state index in [1.807, 2.05) is 41.3 Å². The predicted molar refractivity (Wildman–Crippen MR) is 115 cm³/mol. The van der Waals surface area contributed by atoms with Crippen molar-refractivity contribution in [3.05, 3.63) is 64.2 Å². The van der Waals surface area contributed by atoms with E-state index < -0.39 is 0 Å². The lowest BCUT2D eigenvalue weighted by atomic mass is 10.2. The summed E-state index contributed by atoms with van der Waals surface area (Å²) in [6.45, 7) is 3.30. The Balaban J connectivity index is 1.73. The van der Waals surface area contributed by atoms with Gasteiger partial charge in [-0.05, 0) is 17.7 Å². The van der Waals surface area contributed by atoms with Gasteiger partial charge in [-0.3, -0.25) is 14.9 Å². The number of halogens is 1. The Labute approximate surface area is 171 Å². The molecule has 1 N–H and O–H groups in total. The van der Waals surface area contributed by atoms with Gasteiger partial charge < -0.3 is 15.1 Å². The number of nitro groups is 1. The first-order chi connectivity index (χ1) is 13.1. The molecule has 0 unspecified atom stereocenters. The van der Waals surface area contributed by atoms with Crippen LogP contribution in [0.15, 0.2) is 48.5 Å². The number of benzene rings is 2. The van der Waals surface area contributed by atoms with Crippen LogP contribution in [-0.2, 0) is 11.3 Å². The number of carbonyl (C=O) groups excluding carboxylic acids is 1. The van der Waals surface area contributed by atoms with Crippen LogP contribution < -0.4 is 10.2 Å². The van der Waals surface area contributed by atoms with Crippen molar-refractivity contribution in [3.8, 4) is 0 Å². The summed E-state index contributed by atoms with van der Waals surface area (Å²) in [5, 5.41) is 14.6. The van der Waals surface area contributed by atoms with Crippen molar-refractivity contribution in [2.24, 2.45) is 0 Å². The van der Waals surface area contributed by atoms with Gasteiger partial charge in [-0.15, -0.1) is 0 Å². The Kier molecular flexibility index (Phi) is 6.49. The van der Waals surface area contributed by atoms with Crippen LogP contribution in [0.25, 0.3) is 0 Å². The van der Waals surface area contributed by atoms with E-state index in [-0.39, 0.29) is 16.5 Å². The van der Waals surface area contributed by atoms with Gasteiger partial charge in [-0.1, -0.05) is 52.9 Å². The summed E-state index contributed by atoms with van der Waals surface area (Å²) in [6.07, 6.45) is 0. The van der Waals surface area contributed by atoms with Crippen molar-refractivity contribution < 1.29 is 9.72 Å². The molecule has 3 rings (SSSR count). The van der Waals surface area contributed by atoms with Gasteiger partial charge in [0.15, 0.2) is 0 Å². The van der Waals surface area contributed by atoms with E-state index >= 15 is 0 Å². The van der Waals surface area contributed by atoms with Gasteiger partial charge in [0, 0.05) is 44.5 Å². The number of carbonyl (C=O) groups is 1. The van der Waals surface area contributed by atoms with Crippen LogP contribution >= 0.6 is 22.6 Å². The first-order valence-electron chi connectivity index (χ1n) is 8.73. The largest absolute Gasteiger partial charge is 0.375 e. The molecule has 0 atom stereocenters. The number of nitrogens with zero attached hydrogens (tertiary/aromatic N) is 3. The minimum atomic E-state index is -0.367. The third-order valence-electron chi connectivity index (χ3n) is 4.61. The maximum Gasteiger partial charge on any atom is 0.292 e. The molecule has 0 bridgehead atoms. The van der Waals surface area contributed by atoms with Crippen molar-refractivity contribution in [3.63, 3.8) is 0 Å².